The lowest BCUT2D eigenvalue weighted by molar-refractivity contribution is -0.383. The van der Waals surface area contributed by atoms with Crippen LogP contribution in [0.5, 0.6) is 0 Å². The first-order valence-corrected chi connectivity index (χ1v) is 6.03. The number of aromatic nitrogens is 1. The first-order valence-electron chi connectivity index (χ1n) is 5.28. The number of hydrogen-bond acceptors (Lipinski definition) is 4. The third-order valence-corrected chi connectivity index (χ3v) is 3.28. The van der Waals surface area contributed by atoms with Crippen LogP contribution in [0.4, 0.5) is 5.69 Å². The summed E-state index contributed by atoms with van der Waals surface area (Å²) in [4.78, 5) is 24.6. The summed E-state index contributed by atoms with van der Waals surface area (Å²) in [6.45, 7) is 1.86. The van der Waals surface area contributed by atoms with Gasteiger partial charge in [-0.2, -0.15) is 0 Å². The highest BCUT2D eigenvalue weighted by molar-refractivity contribution is 6.45. The summed E-state index contributed by atoms with van der Waals surface area (Å²) in [6, 6.07) is 2.52. The number of aromatic amines is 1. The molecule has 0 saturated carbocycles. The summed E-state index contributed by atoms with van der Waals surface area (Å²) in [5, 5.41) is 11.5. The molecule has 2 rings (SSSR count). The van der Waals surface area contributed by atoms with Crippen molar-refractivity contribution in [2.45, 2.75) is 6.92 Å². The van der Waals surface area contributed by atoms with E-state index in [1.165, 1.54) is 6.07 Å². The molecule has 1 aromatic heterocycles. The van der Waals surface area contributed by atoms with Crippen molar-refractivity contribution in [3.8, 4) is 0 Å². The van der Waals surface area contributed by atoms with Gasteiger partial charge in [-0.15, -0.1) is 0 Å². The lowest BCUT2D eigenvalue weighted by Crippen LogP contribution is -2.04. The third kappa shape index (κ3) is 2.36. The minimum absolute atomic E-state index is 0.0512. The summed E-state index contributed by atoms with van der Waals surface area (Å²) >= 11 is 11.8. The minimum Gasteiger partial charge on any atom is -0.461 e. The Labute approximate surface area is 117 Å². The summed E-state index contributed by atoms with van der Waals surface area (Å²) in [6.07, 6.45) is 0. The van der Waals surface area contributed by atoms with E-state index in [9.17, 15) is 14.9 Å². The van der Waals surface area contributed by atoms with Gasteiger partial charge in [0.15, 0.2) is 0 Å². The molecule has 0 aliphatic carbocycles. The Morgan fingerprint density at radius 1 is 1.47 bits per heavy atom. The van der Waals surface area contributed by atoms with Gasteiger partial charge >= 0.3 is 5.97 Å². The predicted octanol–water partition coefficient (Wildman–Crippen LogP) is 3.56. The van der Waals surface area contributed by atoms with E-state index in [-0.39, 0.29) is 33.6 Å². The normalized spacial score (nSPS) is 10.7. The van der Waals surface area contributed by atoms with Crippen molar-refractivity contribution in [3.63, 3.8) is 0 Å². The lowest BCUT2D eigenvalue weighted by atomic mass is 10.2. The van der Waals surface area contributed by atoms with Gasteiger partial charge < -0.3 is 9.72 Å². The maximum absolute atomic E-state index is 11.6. The van der Waals surface area contributed by atoms with Crippen molar-refractivity contribution in [1.29, 1.82) is 0 Å². The lowest BCUT2D eigenvalue weighted by Gasteiger charge is -1.99. The first-order chi connectivity index (χ1) is 8.95. The number of halogens is 2. The van der Waals surface area contributed by atoms with Gasteiger partial charge in [0.2, 0.25) is 0 Å². The average Bonchev–Trinajstić information content (AvgIpc) is 2.79. The molecule has 1 N–H and O–H groups in total. The number of esters is 1. The number of nitro groups is 1. The largest absolute Gasteiger partial charge is 0.461 e. The number of non-ortho nitro benzene ring substituents is 1. The van der Waals surface area contributed by atoms with Crippen molar-refractivity contribution in [3.05, 3.63) is 38.0 Å². The number of H-pyrrole nitrogens is 1. The second-order valence-corrected chi connectivity index (χ2v) is 4.43. The van der Waals surface area contributed by atoms with E-state index < -0.39 is 10.9 Å². The Morgan fingerprint density at radius 3 is 2.74 bits per heavy atom. The minimum atomic E-state index is -0.611. The maximum atomic E-state index is 11.6. The van der Waals surface area contributed by atoms with Gasteiger partial charge in [-0.3, -0.25) is 10.1 Å². The van der Waals surface area contributed by atoms with Crippen LogP contribution in [-0.2, 0) is 4.74 Å². The van der Waals surface area contributed by atoms with Crippen LogP contribution in [0.2, 0.25) is 10.0 Å². The second kappa shape index (κ2) is 5.07. The van der Waals surface area contributed by atoms with Crippen LogP contribution in [0.15, 0.2) is 12.1 Å². The van der Waals surface area contributed by atoms with Gasteiger partial charge in [0.05, 0.1) is 21.6 Å². The molecule has 0 fully saturated rings. The summed E-state index contributed by atoms with van der Waals surface area (Å²) in [5.41, 5.74) is -0.0217. The van der Waals surface area contributed by atoms with Crippen molar-refractivity contribution in [1.82, 2.24) is 4.98 Å². The summed E-state index contributed by atoms with van der Waals surface area (Å²) in [7, 11) is 0. The van der Waals surface area contributed by atoms with Gasteiger partial charge in [0.25, 0.3) is 5.69 Å². The molecular weight excluding hydrogens is 295 g/mol. The fourth-order valence-electron chi connectivity index (χ4n) is 1.68. The SMILES string of the molecule is CCOC(=O)c1cc2c(Cl)c(Cl)cc([N+](=O)[O-])c2[nH]1. The second-order valence-electron chi connectivity index (χ2n) is 3.64. The molecule has 0 spiro atoms. The monoisotopic (exact) mass is 302 g/mol. The zero-order chi connectivity index (χ0) is 14.2. The quantitative estimate of drug-likeness (QED) is 0.533. The molecule has 0 aliphatic rings. The number of nitrogens with one attached hydrogen (secondary N) is 1. The van der Waals surface area contributed by atoms with Crippen molar-refractivity contribution in [2.75, 3.05) is 6.61 Å². The Kier molecular flexibility index (Phi) is 3.64. The fourth-order valence-corrected chi connectivity index (χ4v) is 2.09. The molecule has 6 nitrogen and oxygen atoms in total. The number of carbonyl (C=O) groups is 1. The number of benzene rings is 1. The van der Waals surface area contributed by atoms with E-state index in [1.54, 1.807) is 6.92 Å². The van der Waals surface area contributed by atoms with Crippen molar-refractivity contribution in [2.24, 2.45) is 0 Å². The van der Waals surface area contributed by atoms with Crippen molar-refractivity contribution < 1.29 is 14.5 Å². The number of nitrogens with zero attached hydrogens (tertiary/aromatic N) is 1. The van der Waals surface area contributed by atoms with Gasteiger partial charge in [-0.05, 0) is 13.0 Å². The number of rotatable bonds is 3. The topological polar surface area (TPSA) is 85.2 Å². The molecule has 0 amide bonds. The standard InChI is InChI=1S/C11H8Cl2N2O4/c1-2-19-11(16)7-3-5-9(13)6(12)4-8(15(17)18)10(5)14-7/h3-4,14H,2H2,1H3. The molecule has 2 aromatic rings. The van der Waals surface area contributed by atoms with Crippen molar-refractivity contribution >= 4 is 45.8 Å². The fraction of sp³-hybridized carbons (Fsp3) is 0.182. The molecule has 0 saturated heterocycles. The molecule has 0 bridgehead atoms. The molecule has 0 atom stereocenters. The number of ether oxygens (including phenoxy) is 1. The van der Waals surface area contributed by atoms with Crippen LogP contribution < -0.4 is 0 Å². The number of hydrogen-bond donors (Lipinski definition) is 1. The Balaban J connectivity index is 2.70. The number of nitro benzene ring substituents is 1. The molecule has 8 heteroatoms. The zero-order valence-corrected chi connectivity index (χ0v) is 11.2. The van der Waals surface area contributed by atoms with Gasteiger partial charge in [-0.1, -0.05) is 23.2 Å². The first kappa shape index (κ1) is 13.6. The van der Waals surface area contributed by atoms with Crippen LogP contribution in [0.25, 0.3) is 10.9 Å². The number of carbonyl (C=O) groups excluding carboxylic acids is 1. The van der Waals surface area contributed by atoms with Crippen LogP contribution in [0.1, 0.15) is 17.4 Å². The van der Waals surface area contributed by atoms with E-state index in [0.29, 0.717) is 5.39 Å². The third-order valence-electron chi connectivity index (χ3n) is 2.48. The molecular formula is C11H8Cl2N2O4. The Morgan fingerprint density at radius 2 is 2.16 bits per heavy atom. The molecule has 0 radical (unpaired) electrons. The number of fused-ring (bicyclic) bond motifs is 1. The smallest absolute Gasteiger partial charge is 0.354 e. The van der Waals surface area contributed by atoms with Crippen LogP contribution in [0.3, 0.4) is 0 Å². The molecule has 0 aliphatic heterocycles. The van der Waals surface area contributed by atoms with E-state index >= 15 is 0 Å². The van der Waals surface area contributed by atoms with Crippen LogP contribution in [-0.4, -0.2) is 22.5 Å². The molecule has 1 aromatic carbocycles. The van der Waals surface area contributed by atoms with E-state index in [0.717, 1.165) is 6.07 Å². The Hall–Kier alpha value is -1.79. The van der Waals surface area contributed by atoms with E-state index in [4.69, 9.17) is 27.9 Å². The molecule has 0 unspecified atom stereocenters. The van der Waals surface area contributed by atoms with E-state index in [1.807, 2.05) is 0 Å². The highest BCUT2D eigenvalue weighted by atomic mass is 35.5. The highest BCUT2D eigenvalue weighted by Crippen LogP contribution is 2.37. The summed E-state index contributed by atoms with van der Waals surface area (Å²) in [5.74, 6) is -0.611. The van der Waals surface area contributed by atoms with Gasteiger partial charge in [0.1, 0.15) is 11.2 Å². The van der Waals surface area contributed by atoms with Crippen LogP contribution in [0, 0.1) is 10.1 Å². The predicted molar refractivity (Wildman–Crippen MR) is 70.9 cm³/mol. The average molecular weight is 303 g/mol. The summed E-state index contributed by atoms with van der Waals surface area (Å²) < 4.78 is 4.81. The molecule has 1 heterocycles. The molecule has 100 valence electrons. The Bertz CT molecular complexity index is 681. The molecule has 19 heavy (non-hydrogen) atoms. The van der Waals surface area contributed by atoms with Gasteiger partial charge in [-0.25, -0.2) is 4.79 Å². The zero-order valence-electron chi connectivity index (χ0n) is 9.70. The van der Waals surface area contributed by atoms with Gasteiger partial charge in [0, 0.05) is 11.5 Å². The van der Waals surface area contributed by atoms with Crippen LogP contribution >= 0.6 is 23.2 Å². The van der Waals surface area contributed by atoms with E-state index in [2.05, 4.69) is 4.98 Å². The highest BCUT2D eigenvalue weighted by Gasteiger charge is 2.22. The maximum Gasteiger partial charge on any atom is 0.354 e.